The SMILES string of the molecule is CC(C)[C@H]1C(=O)Nc2ccccc2N1C(=O)N[C@@H](Cc1ccccc1)C(=O)N[C@@H](C(=O)O)C(C)C. The Morgan fingerprint density at radius 3 is 2.20 bits per heavy atom. The van der Waals surface area contributed by atoms with Gasteiger partial charge in [-0.05, 0) is 29.5 Å². The van der Waals surface area contributed by atoms with Gasteiger partial charge >= 0.3 is 12.0 Å². The fourth-order valence-corrected chi connectivity index (χ4v) is 4.14. The molecule has 0 unspecified atom stereocenters. The van der Waals surface area contributed by atoms with Crippen molar-refractivity contribution in [3.63, 3.8) is 0 Å². The van der Waals surface area contributed by atoms with Gasteiger partial charge in [-0.1, -0.05) is 70.2 Å². The van der Waals surface area contributed by atoms with Crippen molar-refractivity contribution in [2.45, 2.75) is 52.2 Å². The molecule has 0 spiro atoms. The number of anilines is 2. The molecule has 4 N–H and O–H groups in total. The van der Waals surface area contributed by atoms with E-state index in [0.29, 0.717) is 11.4 Å². The number of nitrogens with zero attached hydrogens (tertiary/aromatic N) is 1. The van der Waals surface area contributed by atoms with E-state index in [-0.39, 0.29) is 24.2 Å². The Balaban J connectivity index is 1.93. The Morgan fingerprint density at radius 2 is 1.60 bits per heavy atom. The first-order valence-corrected chi connectivity index (χ1v) is 11.7. The molecule has 0 radical (unpaired) electrons. The van der Waals surface area contributed by atoms with Crippen LogP contribution in [-0.2, 0) is 20.8 Å². The van der Waals surface area contributed by atoms with E-state index in [1.54, 1.807) is 38.1 Å². The van der Waals surface area contributed by atoms with E-state index in [4.69, 9.17) is 0 Å². The van der Waals surface area contributed by atoms with Gasteiger partial charge in [0.15, 0.2) is 0 Å². The van der Waals surface area contributed by atoms with Gasteiger partial charge in [-0.3, -0.25) is 14.5 Å². The van der Waals surface area contributed by atoms with Gasteiger partial charge in [0.1, 0.15) is 18.1 Å². The summed E-state index contributed by atoms with van der Waals surface area (Å²) in [7, 11) is 0. The fourth-order valence-electron chi connectivity index (χ4n) is 4.14. The molecule has 4 amide bonds. The first kappa shape index (κ1) is 25.7. The zero-order valence-electron chi connectivity index (χ0n) is 20.3. The Hall–Kier alpha value is -3.88. The predicted molar refractivity (Wildman–Crippen MR) is 133 cm³/mol. The second-order valence-electron chi connectivity index (χ2n) is 9.33. The van der Waals surface area contributed by atoms with Crippen molar-refractivity contribution < 1.29 is 24.3 Å². The van der Waals surface area contributed by atoms with Gasteiger partial charge in [0, 0.05) is 6.42 Å². The zero-order valence-corrected chi connectivity index (χ0v) is 20.3. The second-order valence-corrected chi connectivity index (χ2v) is 9.33. The van der Waals surface area contributed by atoms with Gasteiger partial charge in [-0.25, -0.2) is 9.59 Å². The number of carbonyl (C=O) groups is 4. The highest BCUT2D eigenvalue weighted by Crippen LogP contribution is 2.34. The molecular formula is C26H32N4O5. The summed E-state index contributed by atoms with van der Waals surface area (Å²) in [5, 5.41) is 17.7. The molecule has 0 saturated heterocycles. The van der Waals surface area contributed by atoms with Crippen LogP contribution in [0.15, 0.2) is 54.6 Å². The lowest BCUT2D eigenvalue weighted by atomic mass is 9.97. The topological polar surface area (TPSA) is 128 Å². The number of aliphatic carboxylic acids is 1. The number of nitrogens with one attached hydrogen (secondary N) is 3. The average Bonchev–Trinajstić information content (AvgIpc) is 2.80. The lowest BCUT2D eigenvalue weighted by molar-refractivity contribution is -0.143. The molecule has 3 atom stereocenters. The first-order chi connectivity index (χ1) is 16.6. The summed E-state index contributed by atoms with van der Waals surface area (Å²) in [6.45, 7) is 7.07. The number of carboxylic acid groups (broad SMARTS) is 1. The molecule has 0 aliphatic carbocycles. The van der Waals surface area contributed by atoms with Crippen molar-refractivity contribution in [1.82, 2.24) is 10.6 Å². The molecule has 35 heavy (non-hydrogen) atoms. The molecule has 9 nitrogen and oxygen atoms in total. The standard InChI is InChI=1S/C26H32N4O5/c1-15(2)21(25(33)34)29-23(31)19(14-17-10-6-5-7-11-17)28-26(35)30-20-13-9-8-12-18(20)27-24(32)22(30)16(3)4/h5-13,15-16,19,21-22H,14H2,1-4H3,(H,27,32)(H,28,35)(H,29,31)(H,33,34)/t19-,21+,22-/m0/s1. The molecule has 186 valence electrons. The van der Waals surface area contributed by atoms with Crippen LogP contribution in [0, 0.1) is 11.8 Å². The average molecular weight is 481 g/mol. The molecule has 2 aromatic rings. The highest BCUT2D eigenvalue weighted by atomic mass is 16.4. The third-order valence-electron chi connectivity index (χ3n) is 5.95. The lowest BCUT2D eigenvalue weighted by Crippen LogP contribution is -2.60. The van der Waals surface area contributed by atoms with Crippen molar-refractivity contribution in [3.05, 3.63) is 60.2 Å². The van der Waals surface area contributed by atoms with E-state index >= 15 is 0 Å². The fraction of sp³-hybridized carbons (Fsp3) is 0.385. The van der Waals surface area contributed by atoms with Crippen LogP contribution in [-0.4, -0.2) is 47.0 Å². The summed E-state index contributed by atoms with van der Waals surface area (Å²) >= 11 is 0. The first-order valence-electron chi connectivity index (χ1n) is 11.7. The van der Waals surface area contributed by atoms with E-state index < -0.39 is 36.0 Å². The number of fused-ring (bicyclic) bond motifs is 1. The van der Waals surface area contributed by atoms with Crippen LogP contribution in [0.2, 0.25) is 0 Å². The maximum absolute atomic E-state index is 13.6. The van der Waals surface area contributed by atoms with E-state index in [0.717, 1.165) is 5.56 Å². The molecule has 3 rings (SSSR count). The van der Waals surface area contributed by atoms with E-state index in [2.05, 4.69) is 16.0 Å². The Kier molecular flexibility index (Phi) is 8.11. The third-order valence-corrected chi connectivity index (χ3v) is 5.95. The summed E-state index contributed by atoms with van der Waals surface area (Å²) in [5.74, 6) is -2.64. The maximum Gasteiger partial charge on any atom is 0.326 e. The molecule has 1 heterocycles. The monoisotopic (exact) mass is 480 g/mol. The smallest absolute Gasteiger partial charge is 0.326 e. The molecule has 9 heteroatoms. The summed E-state index contributed by atoms with van der Waals surface area (Å²) in [5.41, 5.74) is 1.81. The minimum absolute atomic E-state index is 0.150. The molecule has 0 aromatic heterocycles. The number of hydrogen-bond acceptors (Lipinski definition) is 4. The molecule has 2 aromatic carbocycles. The normalized spacial score (nSPS) is 16.8. The summed E-state index contributed by atoms with van der Waals surface area (Å²) in [4.78, 5) is 52.7. The van der Waals surface area contributed by atoms with E-state index in [9.17, 15) is 24.3 Å². The number of urea groups is 1. The quantitative estimate of drug-likeness (QED) is 0.462. The van der Waals surface area contributed by atoms with Crippen LogP contribution in [0.25, 0.3) is 0 Å². The van der Waals surface area contributed by atoms with Crippen molar-refractivity contribution in [2.24, 2.45) is 11.8 Å². The molecule has 0 saturated carbocycles. The number of benzene rings is 2. The number of hydrogen-bond donors (Lipinski definition) is 4. The summed E-state index contributed by atoms with van der Waals surface area (Å²) < 4.78 is 0. The number of amides is 4. The largest absolute Gasteiger partial charge is 0.480 e. The van der Waals surface area contributed by atoms with Crippen LogP contribution in [0.1, 0.15) is 33.3 Å². The van der Waals surface area contributed by atoms with Crippen LogP contribution in [0.5, 0.6) is 0 Å². The van der Waals surface area contributed by atoms with Gasteiger partial charge in [0.2, 0.25) is 11.8 Å². The predicted octanol–water partition coefficient (Wildman–Crippen LogP) is 3.02. The number of carbonyl (C=O) groups excluding carboxylic acids is 3. The summed E-state index contributed by atoms with van der Waals surface area (Å²) in [6.07, 6.45) is 0.150. The minimum Gasteiger partial charge on any atom is -0.480 e. The number of rotatable bonds is 8. The van der Waals surface area contributed by atoms with Crippen molar-refractivity contribution in [3.8, 4) is 0 Å². The minimum atomic E-state index is -1.15. The van der Waals surface area contributed by atoms with Crippen LogP contribution in [0.4, 0.5) is 16.2 Å². The second kappa shape index (κ2) is 11.0. The number of carboxylic acids is 1. The van der Waals surface area contributed by atoms with Gasteiger partial charge in [0.25, 0.3) is 0 Å². The van der Waals surface area contributed by atoms with Gasteiger partial charge in [0.05, 0.1) is 11.4 Å². The van der Waals surface area contributed by atoms with Crippen LogP contribution >= 0.6 is 0 Å². The van der Waals surface area contributed by atoms with Gasteiger partial charge in [-0.2, -0.15) is 0 Å². The Morgan fingerprint density at radius 1 is 0.971 bits per heavy atom. The highest BCUT2D eigenvalue weighted by molar-refractivity contribution is 6.12. The van der Waals surface area contributed by atoms with E-state index in [1.807, 2.05) is 44.2 Å². The van der Waals surface area contributed by atoms with Gasteiger partial charge < -0.3 is 21.1 Å². The van der Waals surface area contributed by atoms with E-state index in [1.165, 1.54) is 4.90 Å². The van der Waals surface area contributed by atoms with Crippen LogP contribution < -0.4 is 20.9 Å². The van der Waals surface area contributed by atoms with Crippen molar-refractivity contribution in [2.75, 3.05) is 10.2 Å². The number of para-hydroxylation sites is 2. The zero-order chi connectivity index (χ0) is 25.7. The van der Waals surface area contributed by atoms with Gasteiger partial charge in [-0.15, -0.1) is 0 Å². The molecule has 1 aliphatic rings. The van der Waals surface area contributed by atoms with Crippen LogP contribution in [0.3, 0.4) is 0 Å². The third kappa shape index (κ3) is 5.98. The lowest BCUT2D eigenvalue weighted by Gasteiger charge is -2.39. The van der Waals surface area contributed by atoms with Crippen molar-refractivity contribution in [1.29, 1.82) is 0 Å². The molecular weight excluding hydrogens is 448 g/mol. The Bertz CT molecular complexity index is 1090. The molecule has 0 bridgehead atoms. The maximum atomic E-state index is 13.6. The highest BCUT2D eigenvalue weighted by Gasteiger charge is 2.40. The molecule has 0 fully saturated rings. The Labute approximate surface area is 204 Å². The van der Waals surface area contributed by atoms with Crippen molar-refractivity contribution >= 4 is 35.2 Å². The summed E-state index contributed by atoms with van der Waals surface area (Å²) in [6, 6.07) is 12.5. The molecule has 1 aliphatic heterocycles.